The van der Waals surface area contributed by atoms with Gasteiger partial charge in [-0.05, 0) is 42.3 Å². The first-order chi connectivity index (χ1) is 18.2. The smallest absolute Gasteiger partial charge is 0.270 e. The number of halogens is 3. The molecule has 9 nitrogen and oxygen atoms in total. The molecule has 200 valence electrons. The highest BCUT2D eigenvalue weighted by Gasteiger charge is 2.52. The van der Waals surface area contributed by atoms with Crippen molar-refractivity contribution in [3.8, 4) is 0 Å². The van der Waals surface area contributed by atoms with Crippen LogP contribution in [0.15, 0.2) is 54.7 Å². The van der Waals surface area contributed by atoms with Crippen LogP contribution in [0.4, 0.5) is 19.0 Å². The summed E-state index contributed by atoms with van der Waals surface area (Å²) in [6, 6.07) is 9.34. The van der Waals surface area contributed by atoms with Gasteiger partial charge in [0.15, 0.2) is 5.82 Å². The van der Waals surface area contributed by atoms with Gasteiger partial charge in [-0.25, -0.2) is 13.2 Å². The number of ether oxygens (including phenoxy) is 1. The Bertz CT molecular complexity index is 1370. The lowest BCUT2D eigenvalue weighted by Crippen LogP contribution is -2.52. The summed E-state index contributed by atoms with van der Waals surface area (Å²) >= 11 is 0. The monoisotopic (exact) mass is 529 g/mol. The van der Waals surface area contributed by atoms with Crippen molar-refractivity contribution in [1.82, 2.24) is 15.1 Å². The van der Waals surface area contributed by atoms with Crippen LogP contribution in [-0.2, 0) is 20.9 Å². The molecule has 12 heteroatoms. The first-order valence-electron chi connectivity index (χ1n) is 12.1. The van der Waals surface area contributed by atoms with Crippen LogP contribution in [0.3, 0.4) is 0 Å². The van der Waals surface area contributed by atoms with Gasteiger partial charge in [0, 0.05) is 43.4 Å². The number of nitrogens with zero attached hydrogens (tertiary/aromatic N) is 3. The molecule has 2 saturated heterocycles. The molecule has 2 aliphatic rings. The Hall–Kier alpha value is -3.74. The summed E-state index contributed by atoms with van der Waals surface area (Å²) in [5.74, 6) is -3.12. The summed E-state index contributed by atoms with van der Waals surface area (Å²) in [7, 11) is 0. The predicted octanol–water partition coefficient (Wildman–Crippen LogP) is 2.11. The van der Waals surface area contributed by atoms with Crippen molar-refractivity contribution in [3.63, 3.8) is 0 Å². The zero-order chi connectivity index (χ0) is 27.0. The molecular weight excluding hydrogens is 503 g/mol. The van der Waals surface area contributed by atoms with Gasteiger partial charge in [0.25, 0.3) is 11.8 Å². The molecule has 2 aliphatic heterocycles. The fourth-order valence-electron chi connectivity index (χ4n) is 4.87. The maximum absolute atomic E-state index is 14.2. The number of hydrogen-bond acceptors (Lipinski definition) is 6. The van der Waals surface area contributed by atoms with Crippen LogP contribution in [0.2, 0.25) is 0 Å². The van der Waals surface area contributed by atoms with Crippen LogP contribution in [-0.4, -0.2) is 51.5 Å². The molecular formula is C26H26F3N5O4. The fraction of sp³-hybridized carbons (Fsp3) is 0.346. The van der Waals surface area contributed by atoms with Crippen molar-refractivity contribution in [3.05, 3.63) is 83.3 Å². The van der Waals surface area contributed by atoms with E-state index in [1.54, 1.807) is 23.0 Å². The molecule has 2 amide bonds. The average Bonchev–Trinajstić information content (AvgIpc) is 3.49. The predicted molar refractivity (Wildman–Crippen MR) is 129 cm³/mol. The van der Waals surface area contributed by atoms with E-state index < -0.39 is 47.0 Å². The maximum atomic E-state index is 14.2. The molecule has 3 aromatic rings. The van der Waals surface area contributed by atoms with E-state index in [4.69, 9.17) is 10.5 Å². The van der Waals surface area contributed by atoms with Gasteiger partial charge >= 0.3 is 0 Å². The second-order valence-electron chi connectivity index (χ2n) is 9.51. The van der Waals surface area contributed by atoms with E-state index in [9.17, 15) is 27.9 Å². The Balaban J connectivity index is 1.22. The molecule has 1 unspecified atom stereocenters. The van der Waals surface area contributed by atoms with Crippen molar-refractivity contribution < 1.29 is 32.6 Å². The molecule has 38 heavy (non-hydrogen) atoms. The van der Waals surface area contributed by atoms with Crippen molar-refractivity contribution in [2.75, 3.05) is 18.1 Å². The van der Waals surface area contributed by atoms with Crippen LogP contribution in [0.5, 0.6) is 0 Å². The summed E-state index contributed by atoms with van der Waals surface area (Å²) in [6.45, 7) is 0.125. The summed E-state index contributed by atoms with van der Waals surface area (Å²) in [5.41, 5.74) is 4.49. The number of benzene rings is 2. The molecule has 2 aromatic carbocycles. The maximum Gasteiger partial charge on any atom is 0.270 e. The number of anilines is 1. The van der Waals surface area contributed by atoms with E-state index in [0.29, 0.717) is 12.0 Å². The average molecular weight is 530 g/mol. The Morgan fingerprint density at radius 2 is 1.97 bits per heavy atom. The van der Waals surface area contributed by atoms with Gasteiger partial charge in [0.2, 0.25) is 5.60 Å². The van der Waals surface area contributed by atoms with E-state index in [2.05, 4.69) is 10.4 Å². The second kappa shape index (κ2) is 10.2. The van der Waals surface area contributed by atoms with Crippen molar-refractivity contribution >= 4 is 17.6 Å². The topological polar surface area (TPSA) is 123 Å². The molecule has 3 heterocycles. The summed E-state index contributed by atoms with van der Waals surface area (Å²) in [6.07, 6.45) is 1.00. The number of nitrogens with one attached hydrogen (secondary N) is 1. The lowest BCUT2D eigenvalue weighted by Gasteiger charge is -2.34. The van der Waals surface area contributed by atoms with Crippen LogP contribution in [0.25, 0.3) is 0 Å². The number of hydrogen-bond donors (Lipinski definition) is 3. The molecule has 0 aliphatic carbocycles. The summed E-state index contributed by atoms with van der Waals surface area (Å²) in [5, 5.41) is 17.8. The molecule has 5 rings (SSSR count). The number of aromatic nitrogens is 2. The standard InChI is InChI=1S/C26H26F3N5O4/c27-16-3-1-2-15(10-16)13-31-24(35)26(37)7-9-33(25(26)36)22-6-8-34(32-22)18-12-21(30)23(38-14-18)19-11-17(28)4-5-20(19)29/h1-6,8,10-11,18,21,23,37H,7,9,12-14,30H2,(H,31,35)/t18-,21+,23-,26?/m1/s1. The number of rotatable bonds is 6. The fourth-order valence-corrected chi connectivity index (χ4v) is 4.87. The highest BCUT2D eigenvalue weighted by molar-refractivity contribution is 6.16. The number of amides is 2. The highest BCUT2D eigenvalue weighted by atomic mass is 19.1. The summed E-state index contributed by atoms with van der Waals surface area (Å²) < 4.78 is 48.6. The van der Waals surface area contributed by atoms with Crippen LogP contribution >= 0.6 is 0 Å². The Kier molecular flexibility index (Phi) is 6.95. The molecule has 0 spiro atoms. The van der Waals surface area contributed by atoms with Gasteiger partial charge in [-0.1, -0.05) is 12.1 Å². The van der Waals surface area contributed by atoms with Crippen LogP contribution in [0, 0.1) is 17.5 Å². The SMILES string of the molecule is N[C@H]1C[C@@H](n2ccc(N3CCC(O)(C(=O)NCc4cccc(F)c4)C3=O)n2)CO[C@@H]1c1cc(F)ccc1F. The molecule has 0 bridgehead atoms. The Morgan fingerprint density at radius 1 is 1.18 bits per heavy atom. The second-order valence-corrected chi connectivity index (χ2v) is 9.51. The lowest BCUT2D eigenvalue weighted by atomic mass is 9.94. The third-order valence-electron chi connectivity index (χ3n) is 6.92. The molecule has 1 aromatic heterocycles. The van der Waals surface area contributed by atoms with Gasteiger partial charge in [0.1, 0.15) is 23.6 Å². The summed E-state index contributed by atoms with van der Waals surface area (Å²) in [4.78, 5) is 26.9. The van der Waals surface area contributed by atoms with Gasteiger partial charge in [-0.3, -0.25) is 19.2 Å². The third kappa shape index (κ3) is 4.89. The molecule has 0 saturated carbocycles. The Labute approximate surface area is 216 Å². The molecule has 4 atom stereocenters. The van der Waals surface area contributed by atoms with E-state index in [0.717, 1.165) is 18.2 Å². The lowest BCUT2D eigenvalue weighted by molar-refractivity contribution is -0.149. The first kappa shape index (κ1) is 25.9. The Morgan fingerprint density at radius 3 is 2.74 bits per heavy atom. The van der Waals surface area contributed by atoms with E-state index in [1.807, 2.05) is 0 Å². The van der Waals surface area contributed by atoms with Crippen molar-refractivity contribution in [2.45, 2.75) is 43.2 Å². The zero-order valence-electron chi connectivity index (χ0n) is 20.2. The molecule has 2 fully saturated rings. The van der Waals surface area contributed by atoms with Crippen molar-refractivity contribution in [1.29, 1.82) is 0 Å². The minimum absolute atomic E-state index is 0.0507. The highest BCUT2D eigenvalue weighted by Crippen LogP contribution is 2.34. The van der Waals surface area contributed by atoms with Gasteiger partial charge in [0.05, 0.1) is 12.6 Å². The first-order valence-corrected chi connectivity index (χ1v) is 12.1. The quantitative estimate of drug-likeness (QED) is 0.421. The van der Waals surface area contributed by atoms with E-state index in [-0.39, 0.29) is 43.5 Å². The van der Waals surface area contributed by atoms with Crippen LogP contribution < -0.4 is 16.0 Å². The molecule has 0 radical (unpaired) electrons. The minimum Gasteiger partial charge on any atom is -0.372 e. The van der Waals surface area contributed by atoms with Gasteiger partial charge < -0.3 is 20.9 Å². The minimum atomic E-state index is -2.28. The normalized spacial score (nSPS) is 25.6. The number of carbonyl (C=O) groups is 2. The van der Waals surface area contributed by atoms with E-state index >= 15 is 0 Å². The zero-order valence-corrected chi connectivity index (χ0v) is 20.2. The van der Waals surface area contributed by atoms with E-state index in [1.165, 1.54) is 23.1 Å². The third-order valence-corrected chi connectivity index (χ3v) is 6.92. The molecule has 4 N–H and O–H groups in total. The van der Waals surface area contributed by atoms with Gasteiger partial charge in [-0.2, -0.15) is 5.10 Å². The number of carbonyl (C=O) groups excluding carboxylic acids is 2. The van der Waals surface area contributed by atoms with Crippen LogP contribution in [0.1, 0.15) is 36.1 Å². The number of nitrogens with two attached hydrogens (primary N) is 1. The largest absolute Gasteiger partial charge is 0.372 e. The number of aliphatic hydroxyl groups is 1. The van der Waals surface area contributed by atoms with Gasteiger partial charge in [-0.15, -0.1) is 0 Å². The van der Waals surface area contributed by atoms with Crippen molar-refractivity contribution in [2.24, 2.45) is 5.73 Å².